The van der Waals surface area contributed by atoms with E-state index in [1.54, 1.807) is 65.0 Å². The molecular weight excluding hydrogens is 586 g/mol. The smallest absolute Gasteiger partial charge is 0.408 e. The highest BCUT2D eigenvalue weighted by molar-refractivity contribution is 5.92. The number of ether oxygens (including phenoxy) is 1. The number of alkyl carbamates (subject to hydrolysis) is 1. The summed E-state index contributed by atoms with van der Waals surface area (Å²) in [5, 5.41) is 28.1. The van der Waals surface area contributed by atoms with Crippen LogP contribution in [0.4, 0.5) is 4.79 Å². The maximum atomic E-state index is 13.4. The zero-order valence-corrected chi connectivity index (χ0v) is 26.6. The fourth-order valence-corrected chi connectivity index (χ4v) is 5.03. The Morgan fingerprint density at radius 2 is 1.69 bits per heavy atom. The van der Waals surface area contributed by atoms with Crippen molar-refractivity contribution in [1.29, 1.82) is 0 Å². The molecular formula is C31H47N5O9. The molecule has 0 spiro atoms. The van der Waals surface area contributed by atoms with Crippen LogP contribution < -0.4 is 21.7 Å². The highest BCUT2D eigenvalue weighted by Gasteiger charge is 2.37. The van der Waals surface area contributed by atoms with Gasteiger partial charge in [-0.25, -0.2) is 4.79 Å². The van der Waals surface area contributed by atoms with Crippen LogP contribution in [0.1, 0.15) is 72.3 Å². The zero-order valence-electron chi connectivity index (χ0n) is 26.6. The van der Waals surface area contributed by atoms with Gasteiger partial charge in [-0.15, -0.1) is 0 Å². The van der Waals surface area contributed by atoms with Gasteiger partial charge in [-0.3, -0.25) is 24.0 Å². The van der Waals surface area contributed by atoms with E-state index < -0.39 is 78.0 Å². The lowest BCUT2D eigenvalue weighted by Gasteiger charge is -2.29. The first-order valence-corrected chi connectivity index (χ1v) is 15.1. The van der Waals surface area contributed by atoms with E-state index in [0.29, 0.717) is 19.4 Å². The van der Waals surface area contributed by atoms with Gasteiger partial charge in [0.2, 0.25) is 23.6 Å². The van der Waals surface area contributed by atoms with Crippen LogP contribution in [-0.2, 0) is 35.1 Å². The number of carbonyl (C=O) groups excluding carboxylic acids is 5. The van der Waals surface area contributed by atoms with Crippen LogP contribution >= 0.6 is 0 Å². The van der Waals surface area contributed by atoms with Crippen LogP contribution in [0.25, 0.3) is 0 Å². The first kappa shape index (κ1) is 37.0. The van der Waals surface area contributed by atoms with Crippen molar-refractivity contribution in [2.75, 3.05) is 6.54 Å². The summed E-state index contributed by atoms with van der Waals surface area (Å²) in [4.78, 5) is 76.6. The molecule has 7 N–H and O–H groups in total. The number of amides is 5. The monoisotopic (exact) mass is 633 g/mol. The lowest BCUT2D eigenvalue weighted by atomic mass is 10.00. The number of primary amides is 1. The van der Waals surface area contributed by atoms with Crippen LogP contribution in [0, 0.1) is 5.92 Å². The Labute approximate surface area is 263 Å². The number of hydrogen-bond acceptors (Lipinski definition) is 8. The Kier molecular flexibility index (Phi) is 13.8. The van der Waals surface area contributed by atoms with E-state index in [0.717, 1.165) is 5.56 Å². The highest BCUT2D eigenvalue weighted by Crippen LogP contribution is 2.21. The van der Waals surface area contributed by atoms with Crippen LogP contribution in [0.15, 0.2) is 30.3 Å². The summed E-state index contributed by atoms with van der Waals surface area (Å²) < 4.78 is 5.29. The number of likely N-dealkylation sites (tertiary alicyclic amines) is 1. The molecule has 1 saturated heterocycles. The number of nitrogens with one attached hydrogen (secondary N) is 3. The first-order chi connectivity index (χ1) is 21.0. The van der Waals surface area contributed by atoms with Gasteiger partial charge < -0.3 is 41.5 Å². The van der Waals surface area contributed by atoms with Crippen molar-refractivity contribution in [2.24, 2.45) is 11.7 Å². The number of aliphatic hydroxyl groups is 1. The van der Waals surface area contributed by atoms with Crippen molar-refractivity contribution < 1.29 is 43.7 Å². The minimum absolute atomic E-state index is 0.0616. The van der Waals surface area contributed by atoms with E-state index >= 15 is 0 Å². The fourth-order valence-electron chi connectivity index (χ4n) is 5.03. The standard InChI is InChI=1S/C31H47N5O9/c1-18(2)26(27(32)41)35-29(43)22-12-9-15-36(22)24(38)14-13-23(37)20(17-25(39)40)33-28(42)21(16-19-10-7-6-8-11-19)34-30(44)45-31(3,4)5/h6-8,10-11,18,20-23,26,37H,9,12-17H2,1-5H3,(H2,32,41)(H,33,42)(H,34,44)(H,35,43)(H,39,40)/t20-,21-,22-,23+,26-/m0/s1. The van der Waals surface area contributed by atoms with Gasteiger partial charge in [0.1, 0.15) is 23.7 Å². The average molecular weight is 634 g/mol. The molecule has 1 heterocycles. The lowest BCUT2D eigenvalue weighted by Crippen LogP contribution is -2.55. The van der Waals surface area contributed by atoms with Gasteiger partial charge in [-0.2, -0.15) is 0 Å². The summed E-state index contributed by atoms with van der Waals surface area (Å²) in [6.07, 6.45) is -2.38. The fraction of sp³-hybridized carbons (Fsp3) is 0.613. The summed E-state index contributed by atoms with van der Waals surface area (Å²) >= 11 is 0. The summed E-state index contributed by atoms with van der Waals surface area (Å²) in [5.41, 5.74) is 5.28. The van der Waals surface area contributed by atoms with E-state index in [-0.39, 0.29) is 25.2 Å². The van der Waals surface area contributed by atoms with Crippen molar-refractivity contribution in [3.05, 3.63) is 35.9 Å². The second-order valence-electron chi connectivity index (χ2n) is 12.6. The van der Waals surface area contributed by atoms with Crippen molar-refractivity contribution in [1.82, 2.24) is 20.9 Å². The Balaban J connectivity index is 2.10. The van der Waals surface area contributed by atoms with E-state index in [1.807, 2.05) is 0 Å². The first-order valence-electron chi connectivity index (χ1n) is 15.1. The van der Waals surface area contributed by atoms with Crippen molar-refractivity contribution >= 4 is 35.7 Å². The van der Waals surface area contributed by atoms with Crippen LogP contribution in [0.3, 0.4) is 0 Å². The van der Waals surface area contributed by atoms with E-state index in [9.17, 15) is 39.0 Å². The Morgan fingerprint density at radius 3 is 2.24 bits per heavy atom. The Morgan fingerprint density at radius 1 is 1.04 bits per heavy atom. The molecule has 1 fully saturated rings. The van der Waals surface area contributed by atoms with Crippen LogP contribution in [-0.4, -0.2) is 93.2 Å². The molecule has 14 nitrogen and oxygen atoms in total. The zero-order chi connectivity index (χ0) is 33.9. The topological polar surface area (TPSA) is 217 Å². The second kappa shape index (κ2) is 16.8. The van der Waals surface area contributed by atoms with Crippen molar-refractivity contribution in [3.8, 4) is 0 Å². The number of aliphatic carboxylic acids is 1. The molecule has 1 aromatic rings. The number of carbonyl (C=O) groups is 6. The van der Waals surface area contributed by atoms with Gasteiger partial charge in [0, 0.05) is 19.4 Å². The van der Waals surface area contributed by atoms with Gasteiger partial charge in [-0.05, 0) is 51.5 Å². The molecule has 0 saturated carbocycles. The van der Waals surface area contributed by atoms with Gasteiger partial charge in [0.15, 0.2) is 0 Å². The third kappa shape index (κ3) is 12.4. The number of rotatable bonds is 15. The number of hydrogen-bond donors (Lipinski definition) is 6. The molecule has 0 aromatic heterocycles. The predicted molar refractivity (Wildman–Crippen MR) is 163 cm³/mol. The minimum Gasteiger partial charge on any atom is -0.481 e. The Bertz CT molecular complexity index is 1200. The molecule has 5 amide bonds. The average Bonchev–Trinajstić information content (AvgIpc) is 3.43. The Hall–Kier alpha value is -4.20. The lowest BCUT2D eigenvalue weighted by molar-refractivity contribution is -0.140. The summed E-state index contributed by atoms with van der Waals surface area (Å²) in [7, 11) is 0. The van der Waals surface area contributed by atoms with Gasteiger partial charge in [-0.1, -0.05) is 44.2 Å². The summed E-state index contributed by atoms with van der Waals surface area (Å²) in [5.74, 6) is -3.92. The van der Waals surface area contributed by atoms with Crippen LogP contribution in [0.2, 0.25) is 0 Å². The summed E-state index contributed by atoms with van der Waals surface area (Å²) in [6.45, 7) is 8.76. The quantitative estimate of drug-likeness (QED) is 0.161. The molecule has 0 unspecified atom stereocenters. The van der Waals surface area contributed by atoms with E-state index in [1.165, 1.54) is 4.90 Å². The number of carboxylic acids is 1. The summed E-state index contributed by atoms with van der Waals surface area (Å²) in [6, 6.07) is 4.68. The molecule has 14 heteroatoms. The normalized spacial score (nSPS) is 17.5. The van der Waals surface area contributed by atoms with Gasteiger partial charge in [0.25, 0.3) is 0 Å². The molecule has 0 bridgehead atoms. The van der Waals surface area contributed by atoms with E-state index in [4.69, 9.17) is 10.5 Å². The molecule has 2 rings (SSSR count). The number of nitrogens with zero attached hydrogens (tertiary/aromatic N) is 1. The number of carboxylic acid groups (broad SMARTS) is 1. The van der Waals surface area contributed by atoms with Crippen molar-refractivity contribution in [2.45, 2.75) is 109 Å². The minimum atomic E-state index is -1.44. The molecule has 45 heavy (non-hydrogen) atoms. The highest BCUT2D eigenvalue weighted by atomic mass is 16.6. The number of nitrogens with two attached hydrogens (primary N) is 1. The molecule has 1 aliphatic rings. The third-order valence-electron chi connectivity index (χ3n) is 7.28. The van der Waals surface area contributed by atoms with Gasteiger partial charge >= 0.3 is 12.1 Å². The molecule has 250 valence electrons. The molecule has 5 atom stereocenters. The largest absolute Gasteiger partial charge is 0.481 e. The third-order valence-corrected chi connectivity index (χ3v) is 7.28. The van der Waals surface area contributed by atoms with E-state index in [2.05, 4.69) is 16.0 Å². The molecule has 1 aromatic carbocycles. The van der Waals surface area contributed by atoms with Crippen LogP contribution in [0.5, 0.6) is 0 Å². The predicted octanol–water partition coefficient (Wildman–Crippen LogP) is 0.840. The van der Waals surface area contributed by atoms with Crippen molar-refractivity contribution in [3.63, 3.8) is 0 Å². The molecule has 1 aliphatic heterocycles. The van der Waals surface area contributed by atoms with Gasteiger partial charge in [0.05, 0.1) is 18.6 Å². The molecule has 0 aliphatic carbocycles. The maximum absolute atomic E-state index is 13.4. The SMILES string of the molecule is CC(C)[C@H](NC(=O)[C@@H]1CCCN1C(=O)CC[C@@H](O)[C@H](CC(=O)O)NC(=O)[C@H](Cc1ccccc1)NC(=O)OC(C)(C)C)C(N)=O. The number of benzene rings is 1. The number of aliphatic hydroxyl groups excluding tert-OH is 1. The molecule has 0 radical (unpaired) electrons. The maximum Gasteiger partial charge on any atom is 0.408 e. The second-order valence-corrected chi connectivity index (χ2v) is 12.6.